The van der Waals surface area contributed by atoms with E-state index in [1.165, 1.54) is 23.9 Å². The number of hydrogen-bond donors (Lipinski definition) is 2. The Morgan fingerprint density at radius 2 is 2.06 bits per heavy atom. The molecular weight excluding hydrogens is 254 g/mol. The van der Waals surface area contributed by atoms with Gasteiger partial charge in [-0.15, -0.1) is 11.8 Å². The summed E-state index contributed by atoms with van der Waals surface area (Å²) in [6.45, 7) is 3.83. The molecule has 0 aromatic heterocycles. The van der Waals surface area contributed by atoms with E-state index in [0.717, 1.165) is 24.7 Å². The molecule has 0 amide bonds. The lowest BCUT2D eigenvalue weighted by Gasteiger charge is -2.22. The van der Waals surface area contributed by atoms with Crippen LogP contribution in [-0.2, 0) is 0 Å². The molecule has 0 radical (unpaired) electrons. The second kappa shape index (κ2) is 6.18. The van der Waals surface area contributed by atoms with Gasteiger partial charge in [-0.1, -0.05) is 13.8 Å². The zero-order chi connectivity index (χ0) is 13.8. The first-order chi connectivity index (χ1) is 8.33. The maximum Gasteiger partial charge on any atom is 0.139 e. The Morgan fingerprint density at radius 1 is 1.39 bits per heavy atom. The highest BCUT2D eigenvalue weighted by Crippen LogP contribution is 2.27. The monoisotopic (exact) mass is 272 g/mol. The minimum absolute atomic E-state index is 0.167. The van der Waals surface area contributed by atoms with Crippen molar-refractivity contribution in [2.45, 2.75) is 31.6 Å². The Bertz CT molecular complexity index is 433. The zero-order valence-electron chi connectivity index (χ0n) is 10.6. The molecular formula is C13H18F2N2S. The van der Waals surface area contributed by atoms with E-state index in [4.69, 9.17) is 11.1 Å². The molecule has 1 rings (SSSR count). The first-order valence-corrected chi connectivity index (χ1v) is 6.74. The molecule has 0 saturated carbocycles. The summed E-state index contributed by atoms with van der Waals surface area (Å²) in [5, 5.41) is 7.42. The average Bonchev–Trinajstić information content (AvgIpc) is 2.26. The van der Waals surface area contributed by atoms with E-state index in [2.05, 4.69) is 0 Å². The lowest BCUT2D eigenvalue weighted by Crippen LogP contribution is -2.30. The summed E-state index contributed by atoms with van der Waals surface area (Å²) in [5.41, 5.74) is 5.16. The van der Waals surface area contributed by atoms with Crippen molar-refractivity contribution in [1.82, 2.24) is 0 Å². The van der Waals surface area contributed by atoms with E-state index in [1.807, 2.05) is 13.8 Å². The fourth-order valence-electron chi connectivity index (χ4n) is 1.42. The zero-order valence-corrected chi connectivity index (χ0v) is 11.4. The van der Waals surface area contributed by atoms with Gasteiger partial charge in [-0.3, -0.25) is 5.41 Å². The maximum absolute atomic E-state index is 13.3. The minimum atomic E-state index is -0.561. The molecule has 0 aliphatic carbocycles. The highest BCUT2D eigenvalue weighted by atomic mass is 32.2. The van der Waals surface area contributed by atoms with Gasteiger partial charge in [0.05, 0.1) is 5.84 Å². The second-order valence-corrected chi connectivity index (χ2v) is 5.96. The van der Waals surface area contributed by atoms with Crippen LogP contribution >= 0.6 is 11.8 Å². The third-order valence-corrected chi connectivity index (χ3v) is 3.96. The van der Waals surface area contributed by atoms with Crippen molar-refractivity contribution in [3.05, 3.63) is 29.8 Å². The number of nitrogens with one attached hydrogen (secondary N) is 1. The first-order valence-electron chi connectivity index (χ1n) is 5.75. The van der Waals surface area contributed by atoms with Crippen LogP contribution < -0.4 is 5.73 Å². The molecule has 1 aromatic rings. The first kappa shape index (κ1) is 15.0. The second-order valence-electron chi connectivity index (χ2n) is 4.82. The molecule has 0 spiro atoms. The lowest BCUT2D eigenvalue weighted by molar-refractivity contribution is 0.464. The average molecular weight is 272 g/mol. The van der Waals surface area contributed by atoms with Crippen LogP contribution in [0.1, 0.15) is 26.7 Å². The van der Waals surface area contributed by atoms with Gasteiger partial charge in [0.1, 0.15) is 11.6 Å². The van der Waals surface area contributed by atoms with Crippen LogP contribution in [0.5, 0.6) is 0 Å². The highest BCUT2D eigenvalue weighted by molar-refractivity contribution is 7.99. The molecule has 0 fully saturated rings. The van der Waals surface area contributed by atoms with Gasteiger partial charge in [0, 0.05) is 16.4 Å². The summed E-state index contributed by atoms with van der Waals surface area (Å²) in [6, 6.07) is 3.60. The summed E-state index contributed by atoms with van der Waals surface area (Å²) in [7, 11) is 0. The Morgan fingerprint density at radius 3 is 2.61 bits per heavy atom. The Hall–Kier alpha value is -1.10. The molecule has 0 unspecified atom stereocenters. The summed E-state index contributed by atoms with van der Waals surface area (Å²) in [5.74, 6) is -0.194. The van der Waals surface area contributed by atoms with Crippen LogP contribution in [0.4, 0.5) is 8.78 Å². The molecule has 100 valence electrons. The molecule has 2 nitrogen and oxygen atoms in total. The van der Waals surface area contributed by atoms with Gasteiger partial charge in [-0.05, 0) is 30.7 Å². The van der Waals surface area contributed by atoms with Crippen molar-refractivity contribution in [2.24, 2.45) is 11.1 Å². The standard InChI is InChI=1S/C13H18F2N2S/c1-13(2,12(16)17)6-3-7-18-11-5-4-9(14)8-10(11)15/h4-5,8H,3,6-7H2,1-2H3,(H3,16,17). The van der Waals surface area contributed by atoms with Gasteiger partial charge in [-0.2, -0.15) is 0 Å². The third kappa shape index (κ3) is 4.29. The van der Waals surface area contributed by atoms with Crippen molar-refractivity contribution in [3.63, 3.8) is 0 Å². The maximum atomic E-state index is 13.3. The van der Waals surface area contributed by atoms with Crippen LogP contribution in [0, 0.1) is 22.5 Å². The summed E-state index contributed by atoms with van der Waals surface area (Å²) < 4.78 is 26.0. The number of nitrogens with two attached hydrogens (primary N) is 1. The topological polar surface area (TPSA) is 49.9 Å². The van der Waals surface area contributed by atoms with E-state index in [0.29, 0.717) is 4.90 Å². The van der Waals surface area contributed by atoms with Crippen molar-refractivity contribution in [2.75, 3.05) is 5.75 Å². The van der Waals surface area contributed by atoms with Crippen LogP contribution in [0.2, 0.25) is 0 Å². The number of halogens is 2. The fraction of sp³-hybridized carbons (Fsp3) is 0.462. The smallest absolute Gasteiger partial charge is 0.139 e. The molecule has 18 heavy (non-hydrogen) atoms. The van der Waals surface area contributed by atoms with Crippen LogP contribution in [0.15, 0.2) is 23.1 Å². The molecule has 0 aliphatic rings. The van der Waals surface area contributed by atoms with E-state index in [1.54, 1.807) is 0 Å². The third-order valence-electron chi connectivity index (χ3n) is 2.83. The summed E-state index contributed by atoms with van der Waals surface area (Å²) in [4.78, 5) is 0.456. The number of benzene rings is 1. The van der Waals surface area contributed by atoms with Crippen molar-refractivity contribution >= 4 is 17.6 Å². The normalized spacial score (nSPS) is 11.6. The van der Waals surface area contributed by atoms with Crippen molar-refractivity contribution < 1.29 is 8.78 Å². The predicted octanol–water partition coefficient (Wildman–Crippen LogP) is 3.80. The van der Waals surface area contributed by atoms with Gasteiger partial charge < -0.3 is 5.73 Å². The van der Waals surface area contributed by atoms with E-state index in [-0.39, 0.29) is 11.3 Å². The van der Waals surface area contributed by atoms with Crippen molar-refractivity contribution in [3.8, 4) is 0 Å². The van der Waals surface area contributed by atoms with E-state index in [9.17, 15) is 8.78 Å². The minimum Gasteiger partial charge on any atom is -0.387 e. The molecule has 0 bridgehead atoms. The van der Waals surface area contributed by atoms with Gasteiger partial charge in [0.15, 0.2) is 0 Å². The van der Waals surface area contributed by atoms with Gasteiger partial charge in [-0.25, -0.2) is 8.78 Å². The Balaban J connectivity index is 2.41. The van der Waals surface area contributed by atoms with Gasteiger partial charge in [0.2, 0.25) is 0 Å². The van der Waals surface area contributed by atoms with Crippen LogP contribution in [0.25, 0.3) is 0 Å². The molecule has 5 heteroatoms. The lowest BCUT2D eigenvalue weighted by atomic mass is 9.87. The molecule has 0 saturated heterocycles. The van der Waals surface area contributed by atoms with E-state index >= 15 is 0 Å². The number of amidine groups is 1. The van der Waals surface area contributed by atoms with Gasteiger partial charge in [0.25, 0.3) is 0 Å². The summed E-state index contributed by atoms with van der Waals surface area (Å²) >= 11 is 1.36. The largest absolute Gasteiger partial charge is 0.387 e. The number of thioether (sulfide) groups is 1. The molecule has 1 aromatic carbocycles. The Labute approximate surface area is 110 Å². The Kier molecular flexibility index (Phi) is 5.14. The van der Waals surface area contributed by atoms with Crippen LogP contribution in [-0.4, -0.2) is 11.6 Å². The summed E-state index contributed by atoms with van der Waals surface area (Å²) in [6.07, 6.45) is 1.60. The molecule has 0 heterocycles. The number of rotatable bonds is 6. The van der Waals surface area contributed by atoms with Crippen molar-refractivity contribution in [1.29, 1.82) is 5.41 Å². The van der Waals surface area contributed by atoms with Crippen LogP contribution in [0.3, 0.4) is 0 Å². The fourth-order valence-corrected chi connectivity index (χ4v) is 2.29. The number of hydrogen-bond acceptors (Lipinski definition) is 2. The quantitative estimate of drug-likeness (QED) is 0.358. The van der Waals surface area contributed by atoms with E-state index < -0.39 is 11.6 Å². The highest BCUT2D eigenvalue weighted by Gasteiger charge is 2.20. The SMILES string of the molecule is CC(C)(CCCSc1ccc(F)cc1F)C(=N)N. The molecule has 0 aliphatic heterocycles. The van der Waals surface area contributed by atoms with Gasteiger partial charge >= 0.3 is 0 Å². The molecule has 0 atom stereocenters. The predicted molar refractivity (Wildman–Crippen MR) is 72.0 cm³/mol. The molecule has 3 N–H and O–H groups in total.